The fourth-order valence-electron chi connectivity index (χ4n) is 3.13. The molecule has 7 nitrogen and oxygen atoms in total. The van der Waals surface area contributed by atoms with Gasteiger partial charge in [-0.05, 0) is 18.9 Å². The van der Waals surface area contributed by atoms with Crippen molar-refractivity contribution in [3.63, 3.8) is 0 Å². The number of morpholine rings is 1. The van der Waals surface area contributed by atoms with Gasteiger partial charge in [-0.1, -0.05) is 0 Å². The maximum absolute atomic E-state index is 12.5. The first-order valence-corrected chi connectivity index (χ1v) is 7.85. The van der Waals surface area contributed by atoms with Crippen molar-refractivity contribution >= 4 is 5.91 Å². The summed E-state index contributed by atoms with van der Waals surface area (Å²) in [6.07, 6.45) is 3.48. The SMILES string of the molecule is O=C(CN1CCOCC1)N1CCCC(c2ccnc(=O)[nH]2)C1. The van der Waals surface area contributed by atoms with Crippen LogP contribution in [0.4, 0.5) is 0 Å². The van der Waals surface area contributed by atoms with Crippen LogP contribution in [0.1, 0.15) is 24.5 Å². The molecule has 0 aliphatic carbocycles. The Morgan fingerprint density at radius 1 is 1.36 bits per heavy atom. The predicted molar refractivity (Wildman–Crippen MR) is 80.7 cm³/mol. The maximum Gasteiger partial charge on any atom is 0.345 e. The average Bonchev–Trinajstić information content (AvgIpc) is 2.56. The zero-order valence-electron chi connectivity index (χ0n) is 12.7. The van der Waals surface area contributed by atoms with Crippen LogP contribution in [0.3, 0.4) is 0 Å². The number of carbonyl (C=O) groups excluding carboxylic acids is 1. The summed E-state index contributed by atoms with van der Waals surface area (Å²) >= 11 is 0. The van der Waals surface area contributed by atoms with Gasteiger partial charge < -0.3 is 14.6 Å². The molecule has 1 unspecified atom stereocenters. The van der Waals surface area contributed by atoms with Crippen molar-refractivity contribution in [2.45, 2.75) is 18.8 Å². The Kier molecular flexibility index (Phi) is 4.84. The van der Waals surface area contributed by atoms with Crippen molar-refractivity contribution < 1.29 is 9.53 Å². The van der Waals surface area contributed by atoms with Gasteiger partial charge in [-0.2, -0.15) is 0 Å². The van der Waals surface area contributed by atoms with E-state index >= 15 is 0 Å². The normalized spacial score (nSPS) is 23.5. The molecule has 3 rings (SSSR count). The van der Waals surface area contributed by atoms with Gasteiger partial charge >= 0.3 is 5.69 Å². The Labute approximate surface area is 129 Å². The molecule has 22 heavy (non-hydrogen) atoms. The Balaban J connectivity index is 1.60. The second-order valence-corrected chi connectivity index (χ2v) is 5.90. The summed E-state index contributed by atoms with van der Waals surface area (Å²) in [6.45, 7) is 4.98. The lowest BCUT2D eigenvalue weighted by atomic mass is 9.94. The zero-order valence-corrected chi connectivity index (χ0v) is 12.7. The number of aromatic nitrogens is 2. The number of likely N-dealkylation sites (tertiary alicyclic amines) is 1. The summed E-state index contributed by atoms with van der Waals surface area (Å²) in [5, 5.41) is 0. The van der Waals surface area contributed by atoms with E-state index in [4.69, 9.17) is 4.74 Å². The van der Waals surface area contributed by atoms with Crippen LogP contribution in [0.25, 0.3) is 0 Å². The molecule has 2 fully saturated rings. The van der Waals surface area contributed by atoms with Crippen molar-refractivity contribution in [3.8, 4) is 0 Å². The molecular formula is C15H22N4O3. The number of aromatic amines is 1. The first-order chi connectivity index (χ1) is 10.7. The number of piperidine rings is 1. The molecule has 0 saturated carbocycles. The lowest BCUT2D eigenvalue weighted by Gasteiger charge is -2.35. The van der Waals surface area contributed by atoms with Crippen molar-refractivity contribution in [2.75, 3.05) is 45.9 Å². The Morgan fingerprint density at radius 2 is 2.18 bits per heavy atom. The Morgan fingerprint density at radius 3 is 2.95 bits per heavy atom. The van der Waals surface area contributed by atoms with Crippen LogP contribution in [-0.4, -0.2) is 71.6 Å². The molecule has 2 aliphatic rings. The zero-order chi connectivity index (χ0) is 15.4. The third-order valence-corrected chi connectivity index (χ3v) is 4.37. The van der Waals surface area contributed by atoms with Crippen LogP contribution in [0, 0.1) is 0 Å². The fourth-order valence-corrected chi connectivity index (χ4v) is 3.13. The summed E-state index contributed by atoms with van der Waals surface area (Å²) in [5.74, 6) is 0.362. The van der Waals surface area contributed by atoms with Gasteiger partial charge in [0, 0.05) is 44.0 Å². The molecule has 0 radical (unpaired) electrons. The first-order valence-electron chi connectivity index (χ1n) is 7.85. The van der Waals surface area contributed by atoms with Crippen molar-refractivity contribution in [1.82, 2.24) is 19.8 Å². The molecule has 0 aromatic carbocycles. The minimum atomic E-state index is -0.325. The van der Waals surface area contributed by atoms with Crippen LogP contribution >= 0.6 is 0 Å². The molecule has 1 amide bonds. The predicted octanol–water partition coefficient (Wildman–Crippen LogP) is -0.192. The average molecular weight is 306 g/mol. The quantitative estimate of drug-likeness (QED) is 0.837. The van der Waals surface area contributed by atoms with E-state index in [1.807, 2.05) is 11.0 Å². The van der Waals surface area contributed by atoms with E-state index in [0.29, 0.717) is 26.3 Å². The third kappa shape index (κ3) is 3.72. The number of hydrogen-bond donors (Lipinski definition) is 1. The van der Waals surface area contributed by atoms with Gasteiger partial charge in [-0.25, -0.2) is 9.78 Å². The van der Waals surface area contributed by atoms with Crippen LogP contribution in [0.5, 0.6) is 0 Å². The molecule has 0 bridgehead atoms. The summed E-state index contributed by atoms with van der Waals surface area (Å²) in [5.41, 5.74) is 0.554. The van der Waals surface area contributed by atoms with Crippen molar-refractivity contribution in [1.29, 1.82) is 0 Å². The number of hydrogen-bond acceptors (Lipinski definition) is 5. The Hall–Kier alpha value is -1.73. The second-order valence-electron chi connectivity index (χ2n) is 5.90. The Bertz CT molecular complexity index is 568. The van der Waals surface area contributed by atoms with Gasteiger partial charge in [0.2, 0.25) is 5.91 Å². The second kappa shape index (κ2) is 7.02. The monoisotopic (exact) mass is 306 g/mol. The smallest absolute Gasteiger partial charge is 0.345 e. The number of nitrogens with one attached hydrogen (secondary N) is 1. The van der Waals surface area contributed by atoms with Gasteiger partial charge in [0.05, 0.1) is 19.8 Å². The van der Waals surface area contributed by atoms with E-state index in [0.717, 1.165) is 38.2 Å². The van der Waals surface area contributed by atoms with E-state index in [9.17, 15) is 9.59 Å². The van der Waals surface area contributed by atoms with E-state index in [1.165, 1.54) is 6.20 Å². The first kappa shape index (κ1) is 15.2. The van der Waals surface area contributed by atoms with Crippen LogP contribution in [0.15, 0.2) is 17.1 Å². The highest BCUT2D eigenvalue weighted by molar-refractivity contribution is 5.78. The van der Waals surface area contributed by atoms with E-state index < -0.39 is 0 Å². The summed E-state index contributed by atoms with van der Waals surface area (Å²) < 4.78 is 5.31. The lowest BCUT2D eigenvalue weighted by molar-refractivity contribution is -0.134. The number of ether oxygens (including phenoxy) is 1. The molecule has 2 aliphatic heterocycles. The molecular weight excluding hydrogens is 284 g/mol. The largest absolute Gasteiger partial charge is 0.379 e. The number of H-pyrrole nitrogens is 1. The minimum Gasteiger partial charge on any atom is -0.379 e. The highest BCUT2D eigenvalue weighted by Crippen LogP contribution is 2.24. The number of rotatable bonds is 3. The summed E-state index contributed by atoms with van der Waals surface area (Å²) in [7, 11) is 0. The van der Waals surface area contributed by atoms with Crippen molar-refractivity contribution in [3.05, 3.63) is 28.4 Å². The van der Waals surface area contributed by atoms with Gasteiger partial charge in [0.15, 0.2) is 0 Å². The highest BCUT2D eigenvalue weighted by atomic mass is 16.5. The highest BCUT2D eigenvalue weighted by Gasteiger charge is 2.26. The molecule has 7 heteroatoms. The molecule has 1 atom stereocenters. The lowest BCUT2D eigenvalue weighted by Crippen LogP contribution is -2.47. The fraction of sp³-hybridized carbons (Fsp3) is 0.667. The molecule has 1 aromatic rings. The molecule has 2 saturated heterocycles. The van der Waals surface area contributed by atoms with Gasteiger partial charge in [0.1, 0.15) is 0 Å². The van der Waals surface area contributed by atoms with E-state index in [-0.39, 0.29) is 17.5 Å². The third-order valence-electron chi connectivity index (χ3n) is 4.37. The molecule has 120 valence electrons. The number of carbonyl (C=O) groups is 1. The van der Waals surface area contributed by atoms with Crippen LogP contribution in [-0.2, 0) is 9.53 Å². The van der Waals surface area contributed by atoms with Crippen LogP contribution < -0.4 is 5.69 Å². The van der Waals surface area contributed by atoms with Gasteiger partial charge in [-0.3, -0.25) is 9.69 Å². The number of amides is 1. The molecule has 1 N–H and O–H groups in total. The topological polar surface area (TPSA) is 78.5 Å². The van der Waals surface area contributed by atoms with E-state index in [2.05, 4.69) is 14.9 Å². The van der Waals surface area contributed by atoms with E-state index in [1.54, 1.807) is 0 Å². The maximum atomic E-state index is 12.5. The summed E-state index contributed by atoms with van der Waals surface area (Å²) in [4.78, 5) is 34.3. The van der Waals surface area contributed by atoms with Gasteiger partial charge in [-0.15, -0.1) is 0 Å². The van der Waals surface area contributed by atoms with Crippen molar-refractivity contribution in [2.24, 2.45) is 0 Å². The summed E-state index contributed by atoms with van der Waals surface area (Å²) in [6, 6.07) is 1.84. The van der Waals surface area contributed by atoms with Crippen LogP contribution in [0.2, 0.25) is 0 Å². The number of nitrogens with zero attached hydrogens (tertiary/aromatic N) is 3. The minimum absolute atomic E-state index is 0.169. The standard InChI is InChI=1S/C15H22N4O3/c20-14(11-18-6-8-22-9-7-18)19-5-1-2-12(10-19)13-3-4-16-15(21)17-13/h3-4,12H,1-2,5-11H2,(H,16,17,21). The molecule has 0 spiro atoms. The van der Waals surface area contributed by atoms with Gasteiger partial charge in [0.25, 0.3) is 0 Å². The molecule has 1 aromatic heterocycles. The molecule has 3 heterocycles.